The third-order valence-corrected chi connectivity index (χ3v) is 2.46. The molecular weight excluding hydrogens is 246 g/mol. The summed E-state index contributed by atoms with van der Waals surface area (Å²) in [6, 6.07) is 3.15. The summed E-state index contributed by atoms with van der Waals surface area (Å²) in [6.45, 7) is 5.47. The number of aromatic carboxylic acids is 1. The van der Waals surface area contributed by atoms with Crippen LogP contribution in [0.2, 0.25) is 0 Å². The Kier molecular flexibility index (Phi) is 5.44. The Morgan fingerprint density at radius 1 is 1.42 bits per heavy atom. The highest BCUT2D eigenvalue weighted by atomic mass is 16.4. The number of hydrogen-bond donors (Lipinski definition) is 2. The summed E-state index contributed by atoms with van der Waals surface area (Å²) in [6.07, 6.45) is 1.31. The van der Waals surface area contributed by atoms with Gasteiger partial charge in [-0.3, -0.25) is 14.7 Å². The monoisotopic (exact) mass is 265 g/mol. The number of primary amides is 1. The van der Waals surface area contributed by atoms with Gasteiger partial charge in [0.2, 0.25) is 5.91 Å². The molecular formula is C13H19N3O3. The van der Waals surface area contributed by atoms with Crippen molar-refractivity contribution in [3.05, 3.63) is 29.6 Å². The second-order valence-electron chi connectivity index (χ2n) is 4.87. The SMILES string of the molecule is CC(C)CN(CC(N)=O)Cc1ccc(C(=O)O)cn1. The van der Waals surface area contributed by atoms with Crippen molar-refractivity contribution in [2.24, 2.45) is 11.7 Å². The van der Waals surface area contributed by atoms with Gasteiger partial charge in [-0.2, -0.15) is 0 Å². The first-order valence-electron chi connectivity index (χ1n) is 6.07. The highest BCUT2D eigenvalue weighted by Crippen LogP contribution is 2.06. The van der Waals surface area contributed by atoms with Crippen LogP contribution in [0, 0.1) is 5.92 Å². The van der Waals surface area contributed by atoms with E-state index in [4.69, 9.17) is 10.8 Å². The van der Waals surface area contributed by atoms with Crippen molar-refractivity contribution in [2.75, 3.05) is 13.1 Å². The van der Waals surface area contributed by atoms with E-state index in [1.807, 2.05) is 4.90 Å². The van der Waals surface area contributed by atoms with Crippen LogP contribution in [0.25, 0.3) is 0 Å². The molecule has 0 atom stereocenters. The second kappa shape index (κ2) is 6.84. The fourth-order valence-electron chi connectivity index (χ4n) is 1.80. The van der Waals surface area contributed by atoms with Crippen LogP contribution >= 0.6 is 0 Å². The molecule has 1 rings (SSSR count). The largest absolute Gasteiger partial charge is 0.478 e. The van der Waals surface area contributed by atoms with E-state index in [0.29, 0.717) is 18.2 Å². The number of amides is 1. The van der Waals surface area contributed by atoms with Gasteiger partial charge in [-0.25, -0.2) is 4.79 Å². The molecule has 104 valence electrons. The molecule has 6 heteroatoms. The zero-order valence-corrected chi connectivity index (χ0v) is 11.2. The van der Waals surface area contributed by atoms with Crippen LogP contribution in [0.3, 0.4) is 0 Å². The van der Waals surface area contributed by atoms with E-state index in [1.54, 1.807) is 6.07 Å². The molecule has 0 aliphatic carbocycles. The third kappa shape index (κ3) is 5.48. The van der Waals surface area contributed by atoms with Crippen LogP contribution in [0.5, 0.6) is 0 Å². The molecule has 0 spiro atoms. The predicted molar refractivity (Wildman–Crippen MR) is 70.5 cm³/mol. The van der Waals surface area contributed by atoms with Gasteiger partial charge in [-0.05, 0) is 18.1 Å². The molecule has 1 aromatic heterocycles. The first kappa shape index (κ1) is 15.1. The van der Waals surface area contributed by atoms with Crippen LogP contribution < -0.4 is 5.73 Å². The van der Waals surface area contributed by atoms with Crippen molar-refractivity contribution in [2.45, 2.75) is 20.4 Å². The molecule has 0 aliphatic rings. The van der Waals surface area contributed by atoms with Gasteiger partial charge in [0.05, 0.1) is 17.8 Å². The smallest absolute Gasteiger partial charge is 0.337 e. The van der Waals surface area contributed by atoms with Crippen molar-refractivity contribution in [3.63, 3.8) is 0 Å². The maximum atomic E-state index is 11.0. The average molecular weight is 265 g/mol. The lowest BCUT2D eigenvalue weighted by Crippen LogP contribution is -2.36. The highest BCUT2D eigenvalue weighted by Gasteiger charge is 2.12. The van der Waals surface area contributed by atoms with Crippen molar-refractivity contribution >= 4 is 11.9 Å². The molecule has 19 heavy (non-hydrogen) atoms. The number of nitrogens with two attached hydrogens (primary N) is 1. The van der Waals surface area contributed by atoms with E-state index in [9.17, 15) is 9.59 Å². The summed E-state index contributed by atoms with van der Waals surface area (Å²) >= 11 is 0. The lowest BCUT2D eigenvalue weighted by molar-refractivity contribution is -0.119. The summed E-state index contributed by atoms with van der Waals surface area (Å²) in [5.74, 6) is -0.990. The van der Waals surface area contributed by atoms with Crippen molar-refractivity contribution < 1.29 is 14.7 Å². The molecule has 0 saturated carbocycles. The second-order valence-corrected chi connectivity index (χ2v) is 4.87. The quantitative estimate of drug-likeness (QED) is 0.757. The van der Waals surface area contributed by atoms with Crippen molar-refractivity contribution in [3.8, 4) is 0 Å². The van der Waals surface area contributed by atoms with E-state index in [1.165, 1.54) is 12.3 Å². The van der Waals surface area contributed by atoms with Crippen LogP contribution in [-0.4, -0.2) is 40.0 Å². The van der Waals surface area contributed by atoms with Gasteiger partial charge < -0.3 is 10.8 Å². The van der Waals surface area contributed by atoms with E-state index in [0.717, 1.165) is 6.54 Å². The summed E-state index contributed by atoms with van der Waals surface area (Å²) in [5.41, 5.74) is 6.07. The number of carbonyl (C=O) groups excluding carboxylic acids is 1. The minimum Gasteiger partial charge on any atom is -0.478 e. The predicted octanol–water partition coefficient (Wildman–Crippen LogP) is 0.723. The zero-order chi connectivity index (χ0) is 14.4. The summed E-state index contributed by atoms with van der Waals surface area (Å²) < 4.78 is 0. The topological polar surface area (TPSA) is 96.5 Å². The number of nitrogens with zero attached hydrogens (tertiary/aromatic N) is 2. The fourth-order valence-corrected chi connectivity index (χ4v) is 1.80. The Morgan fingerprint density at radius 2 is 2.11 bits per heavy atom. The molecule has 1 amide bonds. The van der Waals surface area contributed by atoms with Gasteiger partial charge >= 0.3 is 5.97 Å². The molecule has 1 heterocycles. The highest BCUT2D eigenvalue weighted by molar-refractivity contribution is 5.87. The number of pyridine rings is 1. The van der Waals surface area contributed by atoms with Gasteiger partial charge in [0.25, 0.3) is 0 Å². The molecule has 3 N–H and O–H groups in total. The normalized spacial score (nSPS) is 10.9. The Morgan fingerprint density at radius 3 is 2.53 bits per heavy atom. The first-order valence-corrected chi connectivity index (χ1v) is 6.07. The Balaban J connectivity index is 2.72. The molecule has 0 saturated heterocycles. The number of carboxylic acids is 1. The maximum absolute atomic E-state index is 11.0. The minimum absolute atomic E-state index is 0.147. The van der Waals surface area contributed by atoms with Crippen molar-refractivity contribution in [1.29, 1.82) is 0 Å². The van der Waals surface area contributed by atoms with Gasteiger partial charge in [0.1, 0.15) is 0 Å². The lowest BCUT2D eigenvalue weighted by Gasteiger charge is -2.22. The number of carboxylic acid groups (broad SMARTS) is 1. The molecule has 0 aliphatic heterocycles. The van der Waals surface area contributed by atoms with E-state index in [2.05, 4.69) is 18.8 Å². The number of hydrogen-bond acceptors (Lipinski definition) is 4. The standard InChI is InChI=1S/C13H19N3O3/c1-9(2)6-16(8-12(14)17)7-11-4-3-10(5-15-11)13(18)19/h3-5,9H,6-8H2,1-2H3,(H2,14,17)(H,18,19). The van der Waals surface area contributed by atoms with Crippen LogP contribution in [0.1, 0.15) is 29.9 Å². The van der Waals surface area contributed by atoms with E-state index >= 15 is 0 Å². The van der Waals surface area contributed by atoms with Gasteiger partial charge in [0.15, 0.2) is 0 Å². The average Bonchev–Trinajstić information content (AvgIpc) is 2.27. The molecule has 0 radical (unpaired) electrons. The van der Waals surface area contributed by atoms with Crippen LogP contribution in [0.15, 0.2) is 18.3 Å². The number of carbonyl (C=O) groups is 2. The van der Waals surface area contributed by atoms with Gasteiger partial charge in [-0.1, -0.05) is 13.8 Å². The molecule has 1 aromatic rings. The Bertz CT molecular complexity index is 443. The minimum atomic E-state index is -1.00. The van der Waals surface area contributed by atoms with E-state index < -0.39 is 5.97 Å². The Labute approximate surface area is 112 Å². The number of rotatable bonds is 7. The summed E-state index contributed by atoms with van der Waals surface area (Å²) in [4.78, 5) is 27.7. The Hall–Kier alpha value is -1.95. The third-order valence-electron chi connectivity index (χ3n) is 2.46. The summed E-state index contributed by atoms with van der Waals surface area (Å²) in [7, 11) is 0. The summed E-state index contributed by atoms with van der Waals surface area (Å²) in [5, 5.41) is 8.78. The van der Waals surface area contributed by atoms with Crippen LogP contribution in [-0.2, 0) is 11.3 Å². The maximum Gasteiger partial charge on any atom is 0.337 e. The lowest BCUT2D eigenvalue weighted by atomic mass is 10.2. The molecule has 0 unspecified atom stereocenters. The van der Waals surface area contributed by atoms with Gasteiger partial charge in [0, 0.05) is 19.3 Å². The molecule has 0 aromatic carbocycles. The molecule has 6 nitrogen and oxygen atoms in total. The fraction of sp³-hybridized carbons (Fsp3) is 0.462. The van der Waals surface area contributed by atoms with Crippen molar-refractivity contribution in [1.82, 2.24) is 9.88 Å². The molecule has 0 fully saturated rings. The van der Waals surface area contributed by atoms with Gasteiger partial charge in [-0.15, -0.1) is 0 Å². The zero-order valence-electron chi connectivity index (χ0n) is 11.2. The molecule has 0 bridgehead atoms. The number of aromatic nitrogens is 1. The van der Waals surface area contributed by atoms with E-state index in [-0.39, 0.29) is 18.0 Å². The first-order chi connectivity index (χ1) is 8.88. The van der Waals surface area contributed by atoms with Crippen LogP contribution in [0.4, 0.5) is 0 Å².